The molecule has 1 atom stereocenters. The molecule has 0 saturated carbocycles. The molecule has 8 heteroatoms. The number of amides is 3. The zero-order valence-electron chi connectivity index (χ0n) is 14.1. The molecule has 0 radical (unpaired) electrons. The zero-order valence-corrected chi connectivity index (χ0v) is 15.6. The molecular weight excluding hydrogens is 402 g/mol. The van der Waals surface area contributed by atoms with Gasteiger partial charge in [0.05, 0.1) is 17.8 Å². The molecule has 7 nitrogen and oxygen atoms in total. The predicted octanol–water partition coefficient (Wildman–Crippen LogP) is 2.96. The van der Waals surface area contributed by atoms with Crippen LogP contribution in [0.4, 0.5) is 4.79 Å². The van der Waals surface area contributed by atoms with Crippen molar-refractivity contribution >= 4 is 34.1 Å². The number of phenols is 1. The van der Waals surface area contributed by atoms with Crippen molar-refractivity contribution < 1.29 is 19.4 Å². The molecule has 0 bridgehead atoms. The Balaban J connectivity index is 1.85. The van der Waals surface area contributed by atoms with Gasteiger partial charge in [-0.25, -0.2) is 4.79 Å². The lowest BCUT2D eigenvalue weighted by Gasteiger charge is -2.21. The normalized spacial score (nSPS) is 19.9. The van der Waals surface area contributed by atoms with Crippen LogP contribution in [0.3, 0.4) is 0 Å². The van der Waals surface area contributed by atoms with Crippen molar-refractivity contribution in [2.75, 3.05) is 7.11 Å². The van der Waals surface area contributed by atoms with Gasteiger partial charge in [-0.15, -0.1) is 5.01 Å². The summed E-state index contributed by atoms with van der Waals surface area (Å²) in [6.45, 7) is 1.63. The van der Waals surface area contributed by atoms with Crippen LogP contribution in [0.5, 0.6) is 11.5 Å². The third-order valence-electron chi connectivity index (χ3n) is 4.13. The fraction of sp³-hybridized carbons (Fsp3) is 0.167. The molecule has 134 valence electrons. The zero-order chi connectivity index (χ0) is 18.9. The Bertz CT molecular complexity index is 898. The van der Waals surface area contributed by atoms with E-state index in [-0.39, 0.29) is 5.75 Å². The largest absolute Gasteiger partial charge is 0.507 e. The minimum atomic E-state index is -1.21. The first-order valence-corrected chi connectivity index (χ1v) is 8.48. The van der Waals surface area contributed by atoms with Gasteiger partial charge in [-0.1, -0.05) is 12.1 Å². The van der Waals surface area contributed by atoms with Gasteiger partial charge in [-0.2, -0.15) is 5.10 Å². The summed E-state index contributed by atoms with van der Waals surface area (Å²) >= 11 is 3.20. The number of nitrogens with one attached hydrogen (secondary N) is 1. The van der Waals surface area contributed by atoms with E-state index in [1.807, 2.05) is 0 Å². The van der Waals surface area contributed by atoms with Gasteiger partial charge in [-0.05, 0) is 64.3 Å². The molecule has 1 unspecified atom stereocenters. The molecule has 2 N–H and O–H groups in total. The summed E-state index contributed by atoms with van der Waals surface area (Å²) in [6, 6.07) is 11.0. The number of imide groups is 1. The average Bonchev–Trinajstić information content (AvgIpc) is 2.86. The van der Waals surface area contributed by atoms with E-state index in [2.05, 4.69) is 26.3 Å². The number of hydrogen-bond acceptors (Lipinski definition) is 5. The summed E-state index contributed by atoms with van der Waals surface area (Å²) in [6.07, 6.45) is 1.38. The third-order valence-corrected chi connectivity index (χ3v) is 4.77. The number of ether oxygens (including phenoxy) is 1. The number of carbonyl (C=O) groups excluding carboxylic acids is 2. The Morgan fingerprint density at radius 3 is 2.54 bits per heavy atom. The molecule has 1 heterocycles. The number of hydrogen-bond donors (Lipinski definition) is 2. The summed E-state index contributed by atoms with van der Waals surface area (Å²) < 4.78 is 5.60. The minimum absolute atomic E-state index is 0.0872. The lowest BCUT2D eigenvalue weighted by atomic mass is 9.92. The van der Waals surface area contributed by atoms with Crippen LogP contribution in [0.2, 0.25) is 0 Å². The van der Waals surface area contributed by atoms with Gasteiger partial charge in [0.2, 0.25) is 0 Å². The number of urea groups is 1. The second kappa shape index (κ2) is 6.80. The van der Waals surface area contributed by atoms with Crippen molar-refractivity contribution in [3.05, 3.63) is 58.1 Å². The molecule has 1 aliphatic heterocycles. The van der Waals surface area contributed by atoms with Crippen LogP contribution in [0.25, 0.3) is 0 Å². The Kier molecular flexibility index (Phi) is 4.69. The quantitative estimate of drug-likeness (QED) is 0.590. The standard InChI is InChI=1S/C18H16BrN3O4/c1-18(12-4-6-13(26-2)7-5-12)16(24)22(17(25)21-18)20-10-11-3-8-15(23)14(19)9-11/h3-10,23H,1-2H3,(H,21,25)/b20-10+. The van der Waals surface area contributed by atoms with Gasteiger partial charge < -0.3 is 15.2 Å². The van der Waals surface area contributed by atoms with Crippen LogP contribution in [0.15, 0.2) is 52.0 Å². The topological polar surface area (TPSA) is 91.2 Å². The average molecular weight is 418 g/mol. The van der Waals surface area contributed by atoms with Crippen LogP contribution >= 0.6 is 15.9 Å². The lowest BCUT2D eigenvalue weighted by molar-refractivity contribution is -0.131. The van der Waals surface area contributed by atoms with Crippen molar-refractivity contribution in [1.82, 2.24) is 10.3 Å². The highest BCUT2D eigenvalue weighted by Crippen LogP contribution is 2.30. The van der Waals surface area contributed by atoms with Crippen molar-refractivity contribution in [2.45, 2.75) is 12.5 Å². The van der Waals surface area contributed by atoms with Crippen LogP contribution in [0.1, 0.15) is 18.1 Å². The lowest BCUT2D eigenvalue weighted by Crippen LogP contribution is -2.40. The van der Waals surface area contributed by atoms with Gasteiger partial charge in [0.1, 0.15) is 17.0 Å². The van der Waals surface area contributed by atoms with E-state index in [4.69, 9.17) is 4.74 Å². The molecule has 1 saturated heterocycles. The maximum atomic E-state index is 12.8. The first-order chi connectivity index (χ1) is 12.3. The highest BCUT2D eigenvalue weighted by atomic mass is 79.9. The fourth-order valence-corrected chi connectivity index (χ4v) is 2.97. The number of methoxy groups -OCH3 is 1. The maximum absolute atomic E-state index is 12.8. The van der Waals surface area contributed by atoms with Gasteiger partial charge in [0.15, 0.2) is 0 Å². The molecule has 2 aromatic carbocycles. The number of phenolic OH excluding ortho intramolecular Hbond substituents is 1. The molecule has 2 aromatic rings. The summed E-state index contributed by atoms with van der Waals surface area (Å²) in [5.41, 5.74) is 0.0334. The number of hydrazone groups is 1. The highest BCUT2D eigenvalue weighted by molar-refractivity contribution is 9.10. The van der Waals surface area contributed by atoms with E-state index in [1.165, 1.54) is 12.3 Å². The Morgan fingerprint density at radius 2 is 1.92 bits per heavy atom. The summed E-state index contributed by atoms with van der Waals surface area (Å²) in [5.74, 6) is 0.257. The number of nitrogens with zero attached hydrogens (tertiary/aromatic N) is 2. The predicted molar refractivity (Wildman–Crippen MR) is 99.1 cm³/mol. The molecule has 3 amide bonds. The second-order valence-electron chi connectivity index (χ2n) is 5.86. The smallest absolute Gasteiger partial charge is 0.346 e. The number of benzene rings is 2. The molecule has 1 aliphatic rings. The SMILES string of the molecule is COc1ccc(C2(C)NC(=O)N(/N=C/c3ccc(O)c(Br)c3)C2=O)cc1. The van der Waals surface area contributed by atoms with Crippen molar-refractivity contribution in [3.8, 4) is 11.5 Å². The van der Waals surface area contributed by atoms with Gasteiger partial charge in [0.25, 0.3) is 5.91 Å². The first kappa shape index (κ1) is 17.9. The van der Waals surface area contributed by atoms with Crippen molar-refractivity contribution in [2.24, 2.45) is 5.10 Å². The van der Waals surface area contributed by atoms with E-state index >= 15 is 0 Å². The fourth-order valence-electron chi connectivity index (χ4n) is 2.58. The molecule has 3 rings (SSSR count). The van der Waals surface area contributed by atoms with E-state index in [1.54, 1.807) is 50.4 Å². The number of rotatable bonds is 4. The van der Waals surface area contributed by atoms with E-state index in [0.29, 0.717) is 21.3 Å². The minimum Gasteiger partial charge on any atom is -0.507 e. The molecule has 0 spiro atoms. The molecule has 0 aliphatic carbocycles. The third kappa shape index (κ3) is 3.15. The van der Waals surface area contributed by atoms with E-state index in [9.17, 15) is 14.7 Å². The Labute approximate surface area is 158 Å². The maximum Gasteiger partial charge on any atom is 0.346 e. The highest BCUT2D eigenvalue weighted by Gasteiger charge is 2.49. The van der Waals surface area contributed by atoms with Crippen molar-refractivity contribution in [3.63, 3.8) is 0 Å². The Morgan fingerprint density at radius 1 is 1.23 bits per heavy atom. The number of halogens is 1. The van der Waals surface area contributed by atoms with Gasteiger partial charge in [0, 0.05) is 0 Å². The van der Waals surface area contributed by atoms with Crippen LogP contribution < -0.4 is 10.1 Å². The molecular formula is C18H16BrN3O4. The van der Waals surface area contributed by atoms with Crippen molar-refractivity contribution in [1.29, 1.82) is 0 Å². The van der Waals surface area contributed by atoms with E-state index in [0.717, 1.165) is 5.01 Å². The summed E-state index contributed by atoms with van der Waals surface area (Å²) in [5, 5.41) is 17.0. The van der Waals surface area contributed by atoms with Gasteiger partial charge >= 0.3 is 6.03 Å². The van der Waals surface area contributed by atoms with Crippen LogP contribution in [-0.2, 0) is 10.3 Å². The van der Waals surface area contributed by atoms with Crippen LogP contribution in [-0.4, -0.2) is 35.4 Å². The van der Waals surface area contributed by atoms with E-state index < -0.39 is 17.5 Å². The second-order valence-corrected chi connectivity index (χ2v) is 6.71. The summed E-state index contributed by atoms with van der Waals surface area (Å²) in [7, 11) is 1.55. The summed E-state index contributed by atoms with van der Waals surface area (Å²) in [4.78, 5) is 25.0. The monoisotopic (exact) mass is 417 g/mol. The number of aromatic hydroxyl groups is 1. The molecule has 0 aromatic heterocycles. The Hall–Kier alpha value is -2.87. The van der Waals surface area contributed by atoms with Crippen LogP contribution in [0, 0.1) is 0 Å². The molecule has 1 fully saturated rings. The van der Waals surface area contributed by atoms with Gasteiger partial charge in [-0.3, -0.25) is 4.79 Å². The molecule has 26 heavy (non-hydrogen) atoms. The first-order valence-electron chi connectivity index (χ1n) is 7.69. The number of carbonyl (C=O) groups is 2.